The van der Waals surface area contributed by atoms with Gasteiger partial charge in [0, 0.05) is 12.4 Å². The van der Waals surface area contributed by atoms with Crippen LogP contribution in [0.3, 0.4) is 0 Å². The number of imidazole rings is 1. The molecule has 29 heavy (non-hydrogen) atoms. The second-order valence-electron chi connectivity index (χ2n) is 6.79. The van der Waals surface area contributed by atoms with Crippen molar-refractivity contribution in [3.8, 4) is 22.8 Å². The molecule has 0 aliphatic rings. The lowest BCUT2D eigenvalue weighted by atomic mass is 10.0. The topological polar surface area (TPSA) is 66.0 Å². The van der Waals surface area contributed by atoms with E-state index in [1.54, 1.807) is 18.9 Å². The maximum absolute atomic E-state index is 5.45. The number of hydrogen-bond donors (Lipinski definition) is 0. The zero-order valence-electron chi connectivity index (χ0n) is 16.6. The minimum absolute atomic E-state index is 0.422. The molecule has 0 fully saturated rings. The van der Waals surface area contributed by atoms with E-state index >= 15 is 0 Å². The molecule has 4 aromatic rings. The van der Waals surface area contributed by atoms with E-state index in [4.69, 9.17) is 9.26 Å². The molecule has 7 heteroatoms. The highest BCUT2D eigenvalue weighted by molar-refractivity contribution is 7.98. The van der Waals surface area contributed by atoms with Gasteiger partial charge in [-0.25, -0.2) is 4.98 Å². The maximum atomic E-state index is 5.45. The van der Waals surface area contributed by atoms with Crippen LogP contribution < -0.4 is 4.74 Å². The molecule has 6 nitrogen and oxygen atoms in total. The monoisotopic (exact) mass is 406 g/mol. The Morgan fingerprint density at radius 1 is 1.10 bits per heavy atom. The number of hydrogen-bond acceptors (Lipinski definition) is 6. The van der Waals surface area contributed by atoms with Crippen molar-refractivity contribution in [3.63, 3.8) is 0 Å². The lowest BCUT2D eigenvalue weighted by molar-refractivity contribution is 0.390. The third kappa shape index (κ3) is 4.05. The van der Waals surface area contributed by atoms with Crippen LogP contribution in [0, 0.1) is 0 Å². The second-order valence-corrected chi connectivity index (χ2v) is 7.74. The summed E-state index contributed by atoms with van der Waals surface area (Å²) in [5.74, 6) is 2.73. The average Bonchev–Trinajstić information content (AvgIpc) is 3.41. The highest BCUT2D eigenvalue weighted by atomic mass is 32.2. The Morgan fingerprint density at radius 2 is 1.90 bits per heavy atom. The third-order valence-corrected chi connectivity index (χ3v) is 5.52. The summed E-state index contributed by atoms with van der Waals surface area (Å²) in [5, 5.41) is 4.99. The van der Waals surface area contributed by atoms with Gasteiger partial charge in [0.25, 0.3) is 0 Å². The summed E-state index contributed by atoms with van der Waals surface area (Å²) in [6.45, 7) is 4.39. The second kappa shape index (κ2) is 8.53. The van der Waals surface area contributed by atoms with Crippen LogP contribution in [0.5, 0.6) is 5.75 Å². The van der Waals surface area contributed by atoms with Crippen LogP contribution in [-0.2, 0) is 5.75 Å². The van der Waals surface area contributed by atoms with Gasteiger partial charge in [-0.1, -0.05) is 61.1 Å². The molecule has 148 valence electrons. The molecule has 2 heterocycles. The van der Waals surface area contributed by atoms with Crippen molar-refractivity contribution in [2.45, 2.75) is 30.7 Å². The molecule has 0 spiro atoms. The van der Waals surface area contributed by atoms with Crippen LogP contribution in [0.1, 0.15) is 31.2 Å². The number of para-hydroxylation sites is 2. The minimum Gasteiger partial charge on any atom is -0.496 e. The fourth-order valence-corrected chi connectivity index (χ4v) is 3.96. The van der Waals surface area contributed by atoms with E-state index in [1.165, 1.54) is 5.56 Å². The summed E-state index contributed by atoms with van der Waals surface area (Å²) >= 11 is 1.56. The van der Waals surface area contributed by atoms with Crippen LogP contribution in [0.15, 0.2) is 70.6 Å². The molecule has 2 aromatic heterocycles. The van der Waals surface area contributed by atoms with Crippen molar-refractivity contribution in [2.24, 2.45) is 0 Å². The molecule has 0 radical (unpaired) electrons. The Labute approximate surface area is 173 Å². The average molecular weight is 407 g/mol. The summed E-state index contributed by atoms with van der Waals surface area (Å²) in [6, 6.07) is 16.0. The fourth-order valence-electron chi connectivity index (χ4n) is 3.15. The van der Waals surface area contributed by atoms with Gasteiger partial charge in [0.05, 0.1) is 24.1 Å². The molecule has 0 aliphatic carbocycles. The molecule has 2 aromatic carbocycles. The Morgan fingerprint density at radius 3 is 2.72 bits per heavy atom. The van der Waals surface area contributed by atoms with E-state index in [2.05, 4.69) is 51.7 Å². The van der Waals surface area contributed by atoms with E-state index in [9.17, 15) is 0 Å². The molecule has 0 atom stereocenters. The number of ether oxygens (including phenoxy) is 1. The first-order chi connectivity index (χ1) is 14.2. The van der Waals surface area contributed by atoms with Crippen molar-refractivity contribution < 1.29 is 9.26 Å². The first kappa shape index (κ1) is 19.3. The van der Waals surface area contributed by atoms with Crippen LogP contribution >= 0.6 is 11.8 Å². The summed E-state index contributed by atoms with van der Waals surface area (Å²) < 4.78 is 12.9. The molecule has 0 bridgehead atoms. The summed E-state index contributed by atoms with van der Waals surface area (Å²) in [5.41, 5.74) is 3.23. The number of rotatable bonds is 7. The molecule has 4 rings (SSSR count). The number of nitrogens with zero attached hydrogens (tertiary/aromatic N) is 4. The van der Waals surface area contributed by atoms with Crippen molar-refractivity contribution in [1.82, 2.24) is 19.7 Å². The first-order valence-corrected chi connectivity index (χ1v) is 10.4. The number of methoxy groups -OCH3 is 1. The van der Waals surface area contributed by atoms with Crippen molar-refractivity contribution in [2.75, 3.05) is 7.11 Å². The maximum Gasteiger partial charge on any atom is 0.237 e. The summed E-state index contributed by atoms with van der Waals surface area (Å²) in [4.78, 5) is 9.04. The predicted octanol–water partition coefficient (Wildman–Crippen LogP) is 5.35. The molecule has 0 aliphatic heterocycles. The number of benzene rings is 2. The van der Waals surface area contributed by atoms with Gasteiger partial charge in [-0.3, -0.25) is 4.57 Å². The SMILES string of the molecule is COc1ccccc1-c1noc(CSc2nccn2-c2ccccc2C(C)C)n1. The van der Waals surface area contributed by atoms with Gasteiger partial charge in [-0.15, -0.1) is 0 Å². The Kier molecular flexibility index (Phi) is 5.67. The van der Waals surface area contributed by atoms with E-state index in [0.717, 1.165) is 16.4 Å². The Hall–Kier alpha value is -3.06. The Balaban J connectivity index is 1.54. The molecule has 0 amide bonds. The van der Waals surface area contributed by atoms with Crippen LogP contribution in [-0.4, -0.2) is 26.8 Å². The highest BCUT2D eigenvalue weighted by Crippen LogP contribution is 2.30. The normalized spacial score (nSPS) is 11.2. The fraction of sp³-hybridized carbons (Fsp3) is 0.227. The zero-order chi connectivity index (χ0) is 20.2. The minimum atomic E-state index is 0.422. The van der Waals surface area contributed by atoms with Crippen LogP contribution in [0.4, 0.5) is 0 Å². The highest BCUT2D eigenvalue weighted by Gasteiger charge is 2.15. The summed E-state index contributed by atoms with van der Waals surface area (Å²) in [7, 11) is 1.63. The Bertz CT molecular complexity index is 1100. The smallest absolute Gasteiger partial charge is 0.237 e. The summed E-state index contributed by atoms with van der Waals surface area (Å²) in [6.07, 6.45) is 3.80. The van der Waals surface area contributed by atoms with Gasteiger partial charge in [0.15, 0.2) is 5.16 Å². The number of aromatic nitrogens is 4. The van der Waals surface area contributed by atoms with Crippen LogP contribution in [0.2, 0.25) is 0 Å². The van der Waals surface area contributed by atoms with Crippen molar-refractivity contribution in [3.05, 3.63) is 72.4 Å². The predicted molar refractivity (Wildman–Crippen MR) is 114 cm³/mol. The van der Waals surface area contributed by atoms with E-state index in [-0.39, 0.29) is 0 Å². The van der Waals surface area contributed by atoms with Gasteiger partial charge in [0.2, 0.25) is 11.7 Å². The van der Waals surface area contributed by atoms with E-state index < -0.39 is 0 Å². The van der Waals surface area contributed by atoms with Crippen molar-refractivity contribution >= 4 is 11.8 Å². The van der Waals surface area contributed by atoms with Gasteiger partial charge in [-0.2, -0.15) is 4.98 Å². The molecular formula is C22H22N4O2S. The molecular weight excluding hydrogens is 384 g/mol. The van der Waals surface area contributed by atoms with Gasteiger partial charge in [0.1, 0.15) is 5.75 Å². The standard InChI is InChI=1S/C22H22N4O2S/c1-15(2)16-8-4-6-10-18(16)26-13-12-23-22(26)29-14-20-24-21(25-28-20)17-9-5-7-11-19(17)27-3/h4-13,15H,14H2,1-3H3. The van der Waals surface area contributed by atoms with Gasteiger partial charge < -0.3 is 9.26 Å². The zero-order valence-corrected chi connectivity index (χ0v) is 17.4. The molecule has 0 saturated heterocycles. The molecule has 0 N–H and O–H groups in total. The lowest BCUT2D eigenvalue weighted by Gasteiger charge is -2.14. The number of thioether (sulfide) groups is 1. The largest absolute Gasteiger partial charge is 0.496 e. The third-order valence-electron chi connectivity index (χ3n) is 4.57. The molecule has 0 saturated carbocycles. The van der Waals surface area contributed by atoms with Crippen molar-refractivity contribution in [1.29, 1.82) is 0 Å². The lowest BCUT2D eigenvalue weighted by Crippen LogP contribution is -2.01. The quantitative estimate of drug-likeness (QED) is 0.386. The van der Waals surface area contributed by atoms with E-state index in [0.29, 0.717) is 29.1 Å². The van der Waals surface area contributed by atoms with Crippen LogP contribution in [0.25, 0.3) is 17.1 Å². The van der Waals surface area contributed by atoms with Gasteiger partial charge >= 0.3 is 0 Å². The van der Waals surface area contributed by atoms with E-state index in [1.807, 2.05) is 42.7 Å². The first-order valence-electron chi connectivity index (χ1n) is 9.38. The van der Waals surface area contributed by atoms with Gasteiger partial charge in [-0.05, 0) is 29.7 Å². The molecule has 0 unspecified atom stereocenters.